The number of anilines is 1. The van der Waals surface area contributed by atoms with Gasteiger partial charge in [0.15, 0.2) is 0 Å². The molecule has 1 aromatic carbocycles. The number of para-hydroxylation sites is 1. The summed E-state index contributed by atoms with van der Waals surface area (Å²) >= 11 is 0. The molecule has 1 N–H and O–H groups in total. The Morgan fingerprint density at radius 1 is 1.35 bits per heavy atom. The third kappa shape index (κ3) is 2.72. The van der Waals surface area contributed by atoms with Crippen LogP contribution in [0.25, 0.3) is 0 Å². The minimum Gasteiger partial charge on any atom is -0.368 e. The molecule has 0 radical (unpaired) electrons. The summed E-state index contributed by atoms with van der Waals surface area (Å²) in [4.78, 5) is 20.8. The summed E-state index contributed by atoms with van der Waals surface area (Å²) < 4.78 is 5.77. The summed E-state index contributed by atoms with van der Waals surface area (Å²) in [5.74, 6) is 0.618. The molecule has 0 spiro atoms. The number of H-pyrrole nitrogens is 1. The fourth-order valence-corrected chi connectivity index (χ4v) is 2.47. The monoisotopic (exact) mass is 271 g/mol. The first kappa shape index (κ1) is 12.9. The average molecular weight is 271 g/mol. The molecule has 3 rings (SSSR count). The second kappa shape index (κ2) is 5.46. The van der Waals surface area contributed by atoms with Gasteiger partial charge in [-0.25, -0.2) is 4.98 Å². The molecule has 5 nitrogen and oxygen atoms in total. The Hall–Kier alpha value is -2.14. The van der Waals surface area contributed by atoms with E-state index in [2.05, 4.69) is 27.0 Å². The maximum Gasteiger partial charge on any atom is 0.251 e. The summed E-state index contributed by atoms with van der Waals surface area (Å²) in [7, 11) is 0. The number of ether oxygens (including phenoxy) is 1. The largest absolute Gasteiger partial charge is 0.368 e. The van der Waals surface area contributed by atoms with Crippen LogP contribution in [0.4, 0.5) is 5.69 Å². The number of morpholine rings is 1. The SMILES string of the molecule is Cc1nc(C2CN(c3ccccc3)CCO2)cc(=O)[nH]1. The van der Waals surface area contributed by atoms with E-state index in [0.29, 0.717) is 24.7 Å². The van der Waals surface area contributed by atoms with Crippen molar-refractivity contribution in [2.24, 2.45) is 0 Å². The molecule has 1 aliphatic rings. The van der Waals surface area contributed by atoms with E-state index >= 15 is 0 Å². The maximum absolute atomic E-state index is 11.5. The number of aromatic amines is 1. The second-order valence-electron chi connectivity index (χ2n) is 4.90. The van der Waals surface area contributed by atoms with Crippen molar-refractivity contribution in [3.8, 4) is 0 Å². The molecule has 0 amide bonds. The highest BCUT2D eigenvalue weighted by Gasteiger charge is 2.23. The molecule has 1 aliphatic heterocycles. The summed E-state index contributed by atoms with van der Waals surface area (Å²) in [6, 6.07) is 11.7. The first-order valence-electron chi connectivity index (χ1n) is 6.72. The molecule has 1 unspecified atom stereocenters. The molecule has 1 saturated heterocycles. The lowest BCUT2D eigenvalue weighted by Gasteiger charge is -2.34. The van der Waals surface area contributed by atoms with Gasteiger partial charge in [0.2, 0.25) is 0 Å². The first-order chi connectivity index (χ1) is 9.72. The Morgan fingerprint density at radius 3 is 2.90 bits per heavy atom. The van der Waals surface area contributed by atoms with Gasteiger partial charge in [-0.1, -0.05) is 18.2 Å². The van der Waals surface area contributed by atoms with Crippen LogP contribution in [0.5, 0.6) is 0 Å². The number of aromatic nitrogens is 2. The molecule has 0 bridgehead atoms. The fraction of sp³-hybridized carbons (Fsp3) is 0.333. The Bertz CT molecular complexity index is 639. The predicted molar refractivity (Wildman–Crippen MR) is 76.9 cm³/mol. The van der Waals surface area contributed by atoms with Crippen LogP contribution in [0.3, 0.4) is 0 Å². The summed E-state index contributed by atoms with van der Waals surface area (Å²) in [6.07, 6.45) is -0.162. The van der Waals surface area contributed by atoms with Crippen molar-refractivity contribution in [2.45, 2.75) is 13.0 Å². The fourth-order valence-electron chi connectivity index (χ4n) is 2.47. The molecule has 20 heavy (non-hydrogen) atoms. The maximum atomic E-state index is 11.5. The van der Waals surface area contributed by atoms with Crippen LogP contribution < -0.4 is 10.5 Å². The van der Waals surface area contributed by atoms with Crippen molar-refractivity contribution in [1.82, 2.24) is 9.97 Å². The van der Waals surface area contributed by atoms with Gasteiger partial charge in [-0.05, 0) is 19.1 Å². The smallest absolute Gasteiger partial charge is 0.251 e. The molecule has 1 atom stereocenters. The van der Waals surface area contributed by atoms with Gasteiger partial charge in [-0.3, -0.25) is 4.79 Å². The quantitative estimate of drug-likeness (QED) is 0.902. The van der Waals surface area contributed by atoms with E-state index in [9.17, 15) is 4.79 Å². The molecule has 1 aromatic heterocycles. The van der Waals surface area contributed by atoms with Crippen molar-refractivity contribution < 1.29 is 4.74 Å². The van der Waals surface area contributed by atoms with Crippen molar-refractivity contribution in [3.63, 3.8) is 0 Å². The highest BCUT2D eigenvalue weighted by atomic mass is 16.5. The van der Waals surface area contributed by atoms with Crippen LogP contribution in [0, 0.1) is 6.92 Å². The number of rotatable bonds is 2. The van der Waals surface area contributed by atoms with Crippen molar-refractivity contribution in [3.05, 3.63) is 58.3 Å². The molecular weight excluding hydrogens is 254 g/mol. The highest BCUT2D eigenvalue weighted by molar-refractivity contribution is 5.46. The Labute approximate surface area is 117 Å². The summed E-state index contributed by atoms with van der Waals surface area (Å²) in [5, 5.41) is 0. The van der Waals surface area contributed by atoms with Gasteiger partial charge >= 0.3 is 0 Å². The molecule has 0 saturated carbocycles. The van der Waals surface area contributed by atoms with Crippen LogP contribution in [0.1, 0.15) is 17.6 Å². The van der Waals surface area contributed by atoms with Crippen LogP contribution in [-0.2, 0) is 4.74 Å². The van der Waals surface area contributed by atoms with E-state index in [0.717, 1.165) is 6.54 Å². The number of nitrogens with one attached hydrogen (secondary N) is 1. The van der Waals surface area contributed by atoms with E-state index < -0.39 is 0 Å². The minimum atomic E-state index is -0.162. The van der Waals surface area contributed by atoms with Gasteiger partial charge in [-0.15, -0.1) is 0 Å². The zero-order valence-corrected chi connectivity index (χ0v) is 11.4. The second-order valence-corrected chi connectivity index (χ2v) is 4.90. The third-order valence-corrected chi connectivity index (χ3v) is 3.40. The normalized spacial score (nSPS) is 19.1. The first-order valence-corrected chi connectivity index (χ1v) is 6.72. The molecule has 2 aromatic rings. The predicted octanol–water partition coefficient (Wildman–Crippen LogP) is 1.66. The number of hydrogen-bond donors (Lipinski definition) is 1. The van der Waals surface area contributed by atoms with Crippen molar-refractivity contribution in [2.75, 3.05) is 24.6 Å². The van der Waals surface area contributed by atoms with Crippen LogP contribution in [-0.4, -0.2) is 29.7 Å². The zero-order valence-electron chi connectivity index (χ0n) is 11.4. The van der Waals surface area contributed by atoms with E-state index in [1.807, 2.05) is 18.2 Å². The van der Waals surface area contributed by atoms with Gasteiger partial charge < -0.3 is 14.6 Å². The third-order valence-electron chi connectivity index (χ3n) is 3.40. The van der Waals surface area contributed by atoms with Gasteiger partial charge in [0, 0.05) is 24.8 Å². The zero-order chi connectivity index (χ0) is 13.9. The lowest BCUT2D eigenvalue weighted by Crippen LogP contribution is -2.39. The molecular formula is C15H17N3O2. The van der Waals surface area contributed by atoms with Crippen LogP contribution in [0.2, 0.25) is 0 Å². The molecule has 1 fully saturated rings. The lowest BCUT2D eigenvalue weighted by atomic mass is 10.1. The van der Waals surface area contributed by atoms with E-state index in [4.69, 9.17) is 4.74 Å². The minimum absolute atomic E-state index is 0.132. The van der Waals surface area contributed by atoms with Crippen LogP contribution in [0.15, 0.2) is 41.2 Å². The summed E-state index contributed by atoms with van der Waals surface area (Å²) in [5.41, 5.74) is 1.74. The summed E-state index contributed by atoms with van der Waals surface area (Å²) in [6.45, 7) is 3.97. The number of hydrogen-bond acceptors (Lipinski definition) is 4. The number of aryl methyl sites for hydroxylation is 1. The van der Waals surface area contributed by atoms with Gasteiger partial charge in [0.1, 0.15) is 11.9 Å². The molecule has 104 valence electrons. The molecule has 0 aliphatic carbocycles. The lowest BCUT2D eigenvalue weighted by molar-refractivity contribution is 0.0368. The average Bonchev–Trinajstić information content (AvgIpc) is 2.47. The Kier molecular flexibility index (Phi) is 3.52. The Morgan fingerprint density at radius 2 is 2.15 bits per heavy atom. The standard InChI is InChI=1S/C15H17N3O2/c1-11-16-13(9-15(19)17-11)14-10-18(7-8-20-14)12-5-3-2-4-6-12/h2-6,9,14H,7-8,10H2,1H3,(H,16,17,19). The number of nitrogens with zero attached hydrogens (tertiary/aromatic N) is 2. The number of benzene rings is 1. The van der Waals surface area contributed by atoms with E-state index in [1.165, 1.54) is 11.8 Å². The van der Waals surface area contributed by atoms with Gasteiger partial charge in [0.05, 0.1) is 12.3 Å². The van der Waals surface area contributed by atoms with Gasteiger partial charge in [0.25, 0.3) is 5.56 Å². The van der Waals surface area contributed by atoms with Crippen LogP contribution >= 0.6 is 0 Å². The van der Waals surface area contributed by atoms with Gasteiger partial charge in [-0.2, -0.15) is 0 Å². The van der Waals surface area contributed by atoms with Crippen molar-refractivity contribution in [1.29, 1.82) is 0 Å². The molecule has 5 heteroatoms. The topological polar surface area (TPSA) is 58.2 Å². The van der Waals surface area contributed by atoms with E-state index in [1.54, 1.807) is 6.92 Å². The van der Waals surface area contributed by atoms with E-state index in [-0.39, 0.29) is 11.7 Å². The highest BCUT2D eigenvalue weighted by Crippen LogP contribution is 2.24. The van der Waals surface area contributed by atoms with Crippen molar-refractivity contribution >= 4 is 5.69 Å². The molecule has 2 heterocycles. The Balaban J connectivity index is 1.83.